The molecule has 0 unspecified atom stereocenters. The average Bonchev–Trinajstić information content (AvgIpc) is 2.34. The molecule has 5 nitrogen and oxygen atoms in total. The van der Waals surface area contributed by atoms with Gasteiger partial charge in [-0.15, -0.1) is 0 Å². The van der Waals surface area contributed by atoms with Gasteiger partial charge in [-0.25, -0.2) is 4.98 Å². The van der Waals surface area contributed by atoms with Gasteiger partial charge in [0, 0.05) is 12.7 Å². The lowest BCUT2D eigenvalue weighted by Crippen LogP contribution is -2.47. The summed E-state index contributed by atoms with van der Waals surface area (Å²) in [5.41, 5.74) is 6.21. The molecule has 22 heavy (non-hydrogen) atoms. The van der Waals surface area contributed by atoms with Crippen LogP contribution in [0.1, 0.15) is 47.1 Å². The summed E-state index contributed by atoms with van der Waals surface area (Å²) >= 11 is 0. The van der Waals surface area contributed by atoms with Crippen LogP contribution in [0.3, 0.4) is 0 Å². The van der Waals surface area contributed by atoms with E-state index in [0.717, 1.165) is 15.9 Å². The molecule has 0 aromatic carbocycles. The lowest BCUT2D eigenvalue weighted by Gasteiger charge is -2.35. The van der Waals surface area contributed by atoms with Crippen molar-refractivity contribution in [2.45, 2.75) is 59.3 Å². The first-order valence-electron chi connectivity index (χ1n) is 7.31. The summed E-state index contributed by atoms with van der Waals surface area (Å²) in [6.45, 7) is 12.9. The largest absolute Gasteiger partial charge is 0.384 e. The molecule has 0 atom stereocenters. The third-order valence-electron chi connectivity index (χ3n) is 2.59. The summed E-state index contributed by atoms with van der Waals surface area (Å²) in [5.74, 6) is 0.520. The van der Waals surface area contributed by atoms with Crippen molar-refractivity contribution < 1.29 is 9.47 Å². The molecule has 0 amide bonds. The third-order valence-corrected chi connectivity index (χ3v) is 3.55. The lowest BCUT2D eigenvalue weighted by atomic mass is 10.2. The molecule has 0 bridgehead atoms. The second-order valence-corrected chi connectivity index (χ2v) is 8.14. The number of rotatable bonds is 2. The van der Waals surface area contributed by atoms with Gasteiger partial charge in [0.25, 0.3) is 0 Å². The fraction of sp³-hybridized carbons (Fsp3) is 0.562. The zero-order valence-corrected chi connectivity index (χ0v) is 15.0. The lowest BCUT2D eigenvalue weighted by molar-refractivity contribution is 0.0756. The molecule has 2 heterocycles. The number of ether oxygens (including phenoxy) is 2. The number of nitrogens with two attached hydrogens (primary N) is 1. The van der Waals surface area contributed by atoms with Crippen LogP contribution >= 0.6 is 10.9 Å². The molecule has 0 spiro atoms. The minimum absolute atomic E-state index is 0.243. The van der Waals surface area contributed by atoms with Crippen LogP contribution in [0.15, 0.2) is 18.3 Å². The molecule has 0 fully saturated rings. The van der Waals surface area contributed by atoms with Gasteiger partial charge in [-0.3, -0.25) is 0 Å². The quantitative estimate of drug-likeness (QED) is 0.848. The standard InChI is InChI=1S/C16H25N3O2S/c1-15(2,3)20-13-19(14(22-13)21-16(4,5)6)10-11-7-8-12(17)18-9-11/h7-9H,10H2,1-6H3,(H2,17,18). The first-order chi connectivity index (χ1) is 10.0. The van der Waals surface area contributed by atoms with Crippen LogP contribution in [0.25, 0.3) is 0 Å². The molecule has 1 aliphatic rings. The van der Waals surface area contributed by atoms with Gasteiger partial charge in [-0.1, -0.05) is 17.0 Å². The van der Waals surface area contributed by atoms with Crippen LogP contribution in [0.2, 0.25) is 0 Å². The van der Waals surface area contributed by atoms with E-state index in [-0.39, 0.29) is 11.2 Å². The highest BCUT2D eigenvalue weighted by Crippen LogP contribution is 2.23. The second-order valence-electron chi connectivity index (χ2n) is 7.24. The number of hydrogen-bond donors (Lipinski definition) is 1. The summed E-state index contributed by atoms with van der Waals surface area (Å²) in [7, 11) is 1.53. The summed E-state index contributed by atoms with van der Waals surface area (Å²) in [6, 6.07) is 3.77. The van der Waals surface area contributed by atoms with Crippen molar-refractivity contribution in [3.63, 3.8) is 0 Å². The van der Waals surface area contributed by atoms with Crippen molar-refractivity contribution in [1.82, 2.24) is 9.88 Å². The third kappa shape index (κ3) is 4.91. The fourth-order valence-corrected chi connectivity index (χ4v) is 2.85. The van der Waals surface area contributed by atoms with E-state index >= 15 is 0 Å². The Morgan fingerprint density at radius 3 is 2.00 bits per heavy atom. The van der Waals surface area contributed by atoms with Crippen LogP contribution in [0.5, 0.6) is 0 Å². The van der Waals surface area contributed by atoms with E-state index in [1.165, 1.54) is 10.9 Å². The normalized spacial score (nSPS) is 16.5. The molecule has 1 aromatic rings. The maximum atomic E-state index is 5.99. The SMILES string of the molecule is CC(C)(C)OC1=S=C(OC(C)(C)C)N1Cc1ccc(N)nc1. The van der Waals surface area contributed by atoms with Gasteiger partial charge in [-0.05, 0) is 53.2 Å². The van der Waals surface area contributed by atoms with Gasteiger partial charge < -0.3 is 15.2 Å². The topological polar surface area (TPSA) is 60.6 Å². The molecule has 1 aliphatic heterocycles. The minimum Gasteiger partial charge on any atom is -0.384 e. The van der Waals surface area contributed by atoms with Gasteiger partial charge in [0.1, 0.15) is 5.82 Å². The van der Waals surface area contributed by atoms with E-state index in [1.807, 2.05) is 52.5 Å². The molecule has 2 N–H and O–H groups in total. The number of aromatic nitrogens is 1. The van der Waals surface area contributed by atoms with E-state index in [9.17, 15) is 0 Å². The molecular weight excluding hydrogens is 298 g/mol. The Balaban J connectivity index is 2.16. The van der Waals surface area contributed by atoms with Crippen molar-refractivity contribution in [2.75, 3.05) is 5.73 Å². The molecule has 2 rings (SSSR count). The van der Waals surface area contributed by atoms with Crippen molar-refractivity contribution in [3.8, 4) is 0 Å². The van der Waals surface area contributed by atoms with E-state index in [4.69, 9.17) is 15.2 Å². The minimum atomic E-state index is -0.243. The predicted octanol–water partition coefficient (Wildman–Crippen LogP) is 3.02. The number of nitrogens with zero attached hydrogens (tertiary/aromatic N) is 2. The van der Waals surface area contributed by atoms with Crippen LogP contribution < -0.4 is 5.73 Å². The molecule has 1 aromatic heterocycles. The highest BCUT2D eigenvalue weighted by Gasteiger charge is 2.32. The maximum absolute atomic E-state index is 5.99. The number of pyridine rings is 1. The Hall–Kier alpha value is -1.21. The second kappa shape index (κ2) is 6.12. The van der Waals surface area contributed by atoms with Gasteiger partial charge in [0.05, 0.1) is 11.2 Å². The Labute approximate surface area is 136 Å². The van der Waals surface area contributed by atoms with Gasteiger partial charge in [-0.2, -0.15) is 4.90 Å². The molecule has 0 radical (unpaired) electrons. The molecule has 0 saturated heterocycles. The van der Waals surface area contributed by atoms with Gasteiger partial charge >= 0.3 is 0 Å². The number of nitrogen functional groups attached to an aromatic ring is 1. The van der Waals surface area contributed by atoms with Crippen molar-refractivity contribution in [2.24, 2.45) is 0 Å². The predicted molar refractivity (Wildman–Crippen MR) is 93.5 cm³/mol. The van der Waals surface area contributed by atoms with E-state index in [2.05, 4.69) is 4.98 Å². The number of hydrogen-bond acceptors (Lipinski definition) is 5. The molecule has 0 aliphatic carbocycles. The van der Waals surface area contributed by atoms with Gasteiger partial charge in [0.2, 0.25) is 0 Å². The van der Waals surface area contributed by atoms with Crippen LogP contribution in [0, 0.1) is 0 Å². The number of anilines is 1. The van der Waals surface area contributed by atoms with Crippen molar-refractivity contribution >= 4 is 27.1 Å². The molecular formula is C16H25N3O2S. The maximum Gasteiger partial charge on any atom is 0.190 e. The smallest absolute Gasteiger partial charge is 0.190 e. The Bertz CT molecular complexity index is 578. The fourth-order valence-electron chi connectivity index (χ4n) is 1.74. The van der Waals surface area contributed by atoms with Crippen molar-refractivity contribution in [3.05, 3.63) is 23.9 Å². The van der Waals surface area contributed by atoms with Crippen LogP contribution in [0.4, 0.5) is 5.82 Å². The highest BCUT2D eigenvalue weighted by atomic mass is 32.1. The highest BCUT2D eigenvalue weighted by molar-refractivity contribution is 7.99. The first kappa shape index (κ1) is 17.1. The van der Waals surface area contributed by atoms with Crippen molar-refractivity contribution in [1.29, 1.82) is 0 Å². The van der Waals surface area contributed by atoms with Crippen LogP contribution in [-0.2, 0) is 16.0 Å². The Morgan fingerprint density at radius 1 is 1.05 bits per heavy atom. The average molecular weight is 323 g/mol. The Morgan fingerprint density at radius 2 is 1.59 bits per heavy atom. The molecule has 122 valence electrons. The summed E-state index contributed by atoms with van der Waals surface area (Å²) in [6.07, 6.45) is 1.78. The van der Waals surface area contributed by atoms with Crippen LogP contribution in [-0.4, -0.2) is 31.4 Å². The molecule has 0 saturated carbocycles. The zero-order valence-electron chi connectivity index (χ0n) is 14.1. The van der Waals surface area contributed by atoms with E-state index in [0.29, 0.717) is 12.4 Å². The van der Waals surface area contributed by atoms with Gasteiger partial charge in [0.15, 0.2) is 10.3 Å². The summed E-state index contributed by atoms with van der Waals surface area (Å²) in [5, 5.41) is 1.70. The Kier molecular flexibility index (Phi) is 4.77. The summed E-state index contributed by atoms with van der Waals surface area (Å²) < 4.78 is 12.0. The molecule has 6 heteroatoms. The monoisotopic (exact) mass is 323 g/mol. The first-order valence-corrected chi connectivity index (χ1v) is 8.13. The van der Waals surface area contributed by atoms with E-state index < -0.39 is 0 Å². The van der Waals surface area contributed by atoms with E-state index in [1.54, 1.807) is 12.3 Å². The summed E-state index contributed by atoms with van der Waals surface area (Å²) in [4.78, 5) is 6.17. The zero-order chi connectivity index (χ0) is 16.5.